The van der Waals surface area contributed by atoms with Gasteiger partial charge >= 0.3 is 0 Å². The largest absolute Gasteiger partial charge is 0.296 e. The Hall–Kier alpha value is -0.430. The van der Waals surface area contributed by atoms with E-state index < -0.39 is 10.0 Å². The van der Waals surface area contributed by atoms with Crippen molar-refractivity contribution in [2.75, 3.05) is 25.4 Å². The molecule has 4 rings (SSSR count). The van der Waals surface area contributed by atoms with Gasteiger partial charge in [0.25, 0.3) is 0 Å². The van der Waals surface area contributed by atoms with E-state index in [0.29, 0.717) is 30.8 Å². The lowest BCUT2D eigenvalue weighted by molar-refractivity contribution is 0.127. The summed E-state index contributed by atoms with van der Waals surface area (Å²) in [6.07, 6.45) is 9.05. The van der Waals surface area contributed by atoms with Crippen LogP contribution in [-0.4, -0.2) is 49.1 Å². The molecule has 1 aromatic rings. The molecule has 0 unspecified atom stereocenters. The van der Waals surface area contributed by atoms with E-state index in [0.717, 1.165) is 45.2 Å². The van der Waals surface area contributed by atoms with E-state index in [-0.39, 0.29) is 0 Å². The molecular weight excluding hydrogens is 352 g/mol. The van der Waals surface area contributed by atoms with Crippen LogP contribution in [0.5, 0.6) is 0 Å². The van der Waals surface area contributed by atoms with E-state index in [1.807, 2.05) is 11.3 Å². The summed E-state index contributed by atoms with van der Waals surface area (Å²) in [6, 6.07) is 2.81. The first-order chi connectivity index (χ1) is 12.1. The number of hydrogen-bond acceptors (Lipinski definition) is 4. The van der Waals surface area contributed by atoms with E-state index >= 15 is 0 Å². The van der Waals surface area contributed by atoms with Gasteiger partial charge in [0.05, 0.1) is 5.75 Å². The van der Waals surface area contributed by atoms with Gasteiger partial charge in [0.2, 0.25) is 10.0 Å². The van der Waals surface area contributed by atoms with Gasteiger partial charge in [0, 0.05) is 37.1 Å². The van der Waals surface area contributed by atoms with Crippen LogP contribution in [0.1, 0.15) is 55.4 Å². The van der Waals surface area contributed by atoms with Gasteiger partial charge in [-0.3, -0.25) is 4.90 Å². The smallest absolute Gasteiger partial charge is 0.214 e. The molecule has 0 spiro atoms. The lowest BCUT2D eigenvalue weighted by Gasteiger charge is -2.40. The van der Waals surface area contributed by atoms with Gasteiger partial charge in [-0.2, -0.15) is 0 Å². The van der Waals surface area contributed by atoms with Crippen molar-refractivity contribution in [1.29, 1.82) is 0 Å². The van der Waals surface area contributed by atoms with Crippen molar-refractivity contribution in [3.8, 4) is 0 Å². The second-order valence-corrected chi connectivity index (χ2v) is 11.0. The Balaban J connectivity index is 1.30. The van der Waals surface area contributed by atoms with Crippen molar-refractivity contribution < 1.29 is 8.42 Å². The third kappa shape index (κ3) is 4.12. The molecule has 0 amide bonds. The maximum Gasteiger partial charge on any atom is 0.214 e. The molecule has 3 aliphatic rings. The molecular formula is C19H30N2O2S2. The van der Waals surface area contributed by atoms with E-state index in [4.69, 9.17) is 0 Å². The summed E-state index contributed by atoms with van der Waals surface area (Å²) in [7, 11) is -3.06. The highest BCUT2D eigenvalue weighted by Gasteiger charge is 2.33. The van der Waals surface area contributed by atoms with Gasteiger partial charge in [-0.05, 0) is 55.0 Å². The van der Waals surface area contributed by atoms with E-state index in [1.54, 1.807) is 9.18 Å². The maximum absolute atomic E-state index is 12.8. The summed E-state index contributed by atoms with van der Waals surface area (Å²) < 4.78 is 27.3. The normalized spacial score (nSPS) is 25.1. The van der Waals surface area contributed by atoms with Gasteiger partial charge in [-0.15, -0.1) is 11.3 Å². The van der Waals surface area contributed by atoms with Crippen molar-refractivity contribution in [2.24, 2.45) is 5.92 Å². The highest BCUT2D eigenvalue weighted by molar-refractivity contribution is 7.89. The standard InChI is InChI=1S/C19H30N2O2S2/c22-25(23,15-16-4-2-1-3-5-16)21-11-6-18(7-12-21)20-10-8-19-17(14-20)9-13-24-19/h9,13,16,18H,1-8,10-12,14-15H2. The van der Waals surface area contributed by atoms with Gasteiger partial charge < -0.3 is 0 Å². The molecule has 0 N–H and O–H groups in total. The fourth-order valence-corrected chi connectivity index (χ4v) is 7.62. The van der Waals surface area contributed by atoms with E-state index in [1.165, 1.54) is 24.8 Å². The summed E-state index contributed by atoms with van der Waals surface area (Å²) in [4.78, 5) is 4.13. The Kier molecular flexibility index (Phi) is 5.51. The number of hydrogen-bond donors (Lipinski definition) is 0. The van der Waals surface area contributed by atoms with Crippen LogP contribution in [0.3, 0.4) is 0 Å². The summed E-state index contributed by atoms with van der Waals surface area (Å²) in [5.74, 6) is 0.787. The van der Waals surface area contributed by atoms with Crippen LogP contribution >= 0.6 is 11.3 Å². The molecule has 1 aromatic heterocycles. The van der Waals surface area contributed by atoms with Crippen molar-refractivity contribution >= 4 is 21.4 Å². The average molecular weight is 383 g/mol. The predicted molar refractivity (Wildman–Crippen MR) is 103 cm³/mol. The highest BCUT2D eigenvalue weighted by atomic mass is 32.2. The molecule has 2 fully saturated rings. The van der Waals surface area contributed by atoms with Crippen molar-refractivity contribution in [3.05, 3.63) is 21.9 Å². The minimum atomic E-state index is -3.06. The monoisotopic (exact) mass is 382 g/mol. The number of rotatable bonds is 4. The molecule has 0 bridgehead atoms. The number of sulfonamides is 1. The average Bonchev–Trinajstić information content (AvgIpc) is 3.10. The molecule has 25 heavy (non-hydrogen) atoms. The van der Waals surface area contributed by atoms with Gasteiger partial charge in [-0.25, -0.2) is 12.7 Å². The number of nitrogens with zero attached hydrogens (tertiary/aromatic N) is 2. The number of thiophene rings is 1. The number of fused-ring (bicyclic) bond motifs is 1. The Bertz CT molecular complexity index is 671. The first kappa shape index (κ1) is 18.0. The van der Waals surface area contributed by atoms with Crippen LogP contribution in [0.25, 0.3) is 0 Å². The molecule has 1 saturated heterocycles. The Morgan fingerprint density at radius 1 is 1.04 bits per heavy atom. The van der Waals surface area contributed by atoms with Gasteiger partial charge in [-0.1, -0.05) is 19.3 Å². The topological polar surface area (TPSA) is 40.6 Å². The number of piperidine rings is 1. The third-order valence-electron chi connectivity index (χ3n) is 6.34. The molecule has 0 atom stereocenters. The molecule has 1 saturated carbocycles. The fourth-order valence-electron chi connectivity index (χ4n) is 4.82. The molecule has 6 heteroatoms. The first-order valence-corrected chi connectivity index (χ1v) is 12.4. The lowest BCUT2D eigenvalue weighted by atomic mass is 9.91. The molecule has 4 nitrogen and oxygen atoms in total. The summed E-state index contributed by atoms with van der Waals surface area (Å²) >= 11 is 1.88. The molecule has 3 heterocycles. The zero-order valence-corrected chi connectivity index (χ0v) is 16.7. The Morgan fingerprint density at radius 2 is 1.80 bits per heavy atom. The van der Waals surface area contributed by atoms with Crippen LogP contribution < -0.4 is 0 Å². The van der Waals surface area contributed by atoms with Crippen LogP contribution in [0.15, 0.2) is 11.4 Å². The summed E-state index contributed by atoms with van der Waals surface area (Å²) in [6.45, 7) is 3.62. The van der Waals surface area contributed by atoms with E-state index in [2.05, 4.69) is 16.3 Å². The van der Waals surface area contributed by atoms with Crippen LogP contribution in [0, 0.1) is 5.92 Å². The Labute approximate surface area is 156 Å². The van der Waals surface area contributed by atoms with Gasteiger partial charge in [0.1, 0.15) is 0 Å². The quantitative estimate of drug-likeness (QED) is 0.800. The Morgan fingerprint density at radius 3 is 2.56 bits per heavy atom. The zero-order chi connectivity index (χ0) is 17.3. The predicted octanol–water partition coefficient (Wildman–Crippen LogP) is 3.48. The van der Waals surface area contributed by atoms with Crippen molar-refractivity contribution in [3.63, 3.8) is 0 Å². The summed E-state index contributed by atoms with van der Waals surface area (Å²) in [5.41, 5.74) is 1.49. The lowest BCUT2D eigenvalue weighted by Crippen LogP contribution is -2.48. The fraction of sp³-hybridized carbons (Fsp3) is 0.789. The van der Waals surface area contributed by atoms with Crippen molar-refractivity contribution in [2.45, 2.75) is 64.0 Å². The van der Waals surface area contributed by atoms with Crippen LogP contribution in [0.2, 0.25) is 0 Å². The van der Waals surface area contributed by atoms with Gasteiger partial charge in [0.15, 0.2) is 0 Å². The minimum absolute atomic E-state index is 0.389. The SMILES string of the molecule is O=S(=O)(CC1CCCCC1)N1CCC(N2CCc3sccc3C2)CC1. The molecule has 1 aliphatic carbocycles. The van der Waals surface area contributed by atoms with Crippen molar-refractivity contribution in [1.82, 2.24) is 9.21 Å². The zero-order valence-electron chi connectivity index (χ0n) is 15.0. The third-order valence-corrected chi connectivity index (χ3v) is 9.41. The molecule has 140 valence electrons. The van der Waals surface area contributed by atoms with E-state index in [9.17, 15) is 8.42 Å². The molecule has 2 aliphatic heterocycles. The van der Waals surface area contributed by atoms with Crippen LogP contribution in [-0.2, 0) is 23.0 Å². The minimum Gasteiger partial charge on any atom is -0.296 e. The molecule has 0 aromatic carbocycles. The molecule has 0 radical (unpaired) electrons. The highest BCUT2D eigenvalue weighted by Crippen LogP contribution is 2.30. The summed E-state index contributed by atoms with van der Waals surface area (Å²) in [5, 5.41) is 2.20. The second-order valence-electron chi connectivity index (χ2n) is 8.00. The van der Waals surface area contributed by atoms with Crippen LogP contribution in [0.4, 0.5) is 0 Å². The first-order valence-electron chi connectivity index (χ1n) is 9.89. The second kappa shape index (κ2) is 7.67. The maximum atomic E-state index is 12.8.